The Balaban J connectivity index is 1.82. The molecule has 2 rings (SSSR count). The van der Waals surface area contributed by atoms with Crippen molar-refractivity contribution in [1.29, 1.82) is 0 Å². The summed E-state index contributed by atoms with van der Waals surface area (Å²) >= 11 is 0. The van der Waals surface area contributed by atoms with Gasteiger partial charge in [0.25, 0.3) is 0 Å². The van der Waals surface area contributed by atoms with Gasteiger partial charge in [-0.25, -0.2) is 8.42 Å². The number of nitrogens with one attached hydrogen (secondary N) is 1. The van der Waals surface area contributed by atoms with Crippen LogP contribution in [0.4, 0.5) is 0 Å². The number of rotatable bonds is 7. The van der Waals surface area contributed by atoms with Gasteiger partial charge in [-0.1, -0.05) is 19.8 Å². The average molecular weight is 288 g/mol. The Hall–Kier alpha value is -0.130. The van der Waals surface area contributed by atoms with E-state index in [9.17, 15) is 8.42 Å². The van der Waals surface area contributed by atoms with E-state index in [-0.39, 0.29) is 0 Å². The molecule has 1 aliphatic carbocycles. The second-order valence-corrected chi connectivity index (χ2v) is 7.93. The highest BCUT2D eigenvalue weighted by Crippen LogP contribution is 2.37. The molecule has 0 bridgehead atoms. The maximum absolute atomic E-state index is 12.4. The fraction of sp³-hybridized carbons (Fsp3) is 1.00. The van der Waals surface area contributed by atoms with Crippen LogP contribution < -0.4 is 5.32 Å². The van der Waals surface area contributed by atoms with Crippen LogP contribution in [0.15, 0.2) is 0 Å². The Morgan fingerprint density at radius 1 is 1.16 bits per heavy atom. The maximum atomic E-state index is 12.4. The van der Waals surface area contributed by atoms with Gasteiger partial charge in [0.1, 0.15) is 0 Å². The molecule has 0 aromatic carbocycles. The highest BCUT2D eigenvalue weighted by molar-refractivity contribution is 7.89. The van der Waals surface area contributed by atoms with Crippen LogP contribution in [0.2, 0.25) is 0 Å². The Kier molecular flexibility index (Phi) is 5.66. The van der Waals surface area contributed by atoms with Crippen molar-refractivity contribution in [1.82, 2.24) is 9.62 Å². The Labute approximate surface area is 118 Å². The lowest BCUT2D eigenvalue weighted by Crippen LogP contribution is -2.40. The first kappa shape index (κ1) is 15.3. The van der Waals surface area contributed by atoms with Gasteiger partial charge < -0.3 is 5.32 Å². The van der Waals surface area contributed by atoms with Crippen molar-refractivity contribution in [2.45, 2.75) is 57.9 Å². The topological polar surface area (TPSA) is 49.4 Å². The summed E-state index contributed by atoms with van der Waals surface area (Å²) in [6.45, 7) is 4.73. The van der Waals surface area contributed by atoms with Gasteiger partial charge in [-0.2, -0.15) is 4.31 Å². The lowest BCUT2D eigenvalue weighted by molar-refractivity contribution is 0.260. The monoisotopic (exact) mass is 288 g/mol. The van der Waals surface area contributed by atoms with Crippen LogP contribution in [0.1, 0.15) is 51.9 Å². The van der Waals surface area contributed by atoms with Gasteiger partial charge >= 0.3 is 0 Å². The van der Waals surface area contributed by atoms with Crippen molar-refractivity contribution in [3.8, 4) is 0 Å². The van der Waals surface area contributed by atoms with Crippen LogP contribution in [-0.2, 0) is 10.0 Å². The van der Waals surface area contributed by atoms with E-state index in [0.29, 0.717) is 17.7 Å². The van der Waals surface area contributed by atoms with Crippen LogP contribution in [0.3, 0.4) is 0 Å². The molecule has 2 fully saturated rings. The zero-order chi connectivity index (χ0) is 13.7. The first-order chi connectivity index (χ1) is 9.15. The second kappa shape index (κ2) is 7.04. The first-order valence-corrected chi connectivity index (χ1v) is 9.46. The molecule has 0 radical (unpaired) electrons. The Morgan fingerprint density at radius 2 is 1.95 bits per heavy atom. The zero-order valence-electron chi connectivity index (χ0n) is 12.1. The van der Waals surface area contributed by atoms with Crippen molar-refractivity contribution in [3.05, 3.63) is 0 Å². The molecule has 2 unspecified atom stereocenters. The average Bonchev–Trinajstić information content (AvgIpc) is 2.83. The van der Waals surface area contributed by atoms with E-state index in [1.54, 1.807) is 0 Å². The standard InChI is InChI=1S/C14H28N2O2S/c1-2-15-10-5-6-12-19(17,18)16-11-9-13-7-3-4-8-14(13)16/h13-15H,2-12H2,1H3. The largest absolute Gasteiger partial charge is 0.317 e. The lowest BCUT2D eigenvalue weighted by atomic mass is 9.86. The number of sulfonamides is 1. The van der Waals surface area contributed by atoms with E-state index in [4.69, 9.17) is 0 Å². The van der Waals surface area contributed by atoms with Gasteiger partial charge in [-0.3, -0.25) is 0 Å². The molecule has 2 atom stereocenters. The fourth-order valence-corrected chi connectivity index (χ4v) is 5.41. The second-order valence-electron chi connectivity index (χ2n) is 5.89. The summed E-state index contributed by atoms with van der Waals surface area (Å²) in [5.74, 6) is 0.979. The molecule has 112 valence electrons. The Morgan fingerprint density at radius 3 is 2.74 bits per heavy atom. The molecule has 0 aromatic heterocycles. The SMILES string of the molecule is CCNCCCCS(=O)(=O)N1CCC2CCCCC21. The van der Waals surface area contributed by atoms with E-state index in [2.05, 4.69) is 12.2 Å². The van der Waals surface area contributed by atoms with Crippen LogP contribution in [0.25, 0.3) is 0 Å². The summed E-state index contributed by atoms with van der Waals surface area (Å²) in [5, 5.41) is 3.24. The van der Waals surface area contributed by atoms with Crippen molar-refractivity contribution in [3.63, 3.8) is 0 Å². The number of hydrogen-bond donors (Lipinski definition) is 1. The molecule has 4 nitrogen and oxygen atoms in total. The van der Waals surface area contributed by atoms with Gasteiger partial charge in [-0.05, 0) is 51.1 Å². The third-order valence-electron chi connectivity index (χ3n) is 4.57. The highest BCUT2D eigenvalue weighted by Gasteiger charge is 2.41. The van der Waals surface area contributed by atoms with Crippen molar-refractivity contribution in [2.24, 2.45) is 5.92 Å². The minimum absolute atomic E-state index is 0.326. The summed E-state index contributed by atoms with van der Waals surface area (Å²) in [6, 6.07) is 0.326. The molecule has 0 aromatic rings. The smallest absolute Gasteiger partial charge is 0.214 e. The van der Waals surface area contributed by atoms with E-state index in [1.165, 1.54) is 19.3 Å². The van der Waals surface area contributed by atoms with Gasteiger partial charge in [-0.15, -0.1) is 0 Å². The van der Waals surface area contributed by atoms with Gasteiger partial charge in [0.2, 0.25) is 10.0 Å². The quantitative estimate of drug-likeness (QED) is 0.729. The maximum Gasteiger partial charge on any atom is 0.214 e. The van der Waals surface area contributed by atoms with Crippen molar-refractivity contribution in [2.75, 3.05) is 25.4 Å². The zero-order valence-corrected chi connectivity index (χ0v) is 12.9. The third kappa shape index (κ3) is 3.92. The molecule has 5 heteroatoms. The van der Waals surface area contributed by atoms with Crippen LogP contribution in [0, 0.1) is 5.92 Å². The predicted octanol–water partition coefficient (Wildman–Crippen LogP) is 1.97. The molecule has 1 N–H and O–H groups in total. The molecule has 1 saturated carbocycles. The fourth-order valence-electron chi connectivity index (χ4n) is 3.54. The van der Waals surface area contributed by atoms with Crippen LogP contribution >= 0.6 is 0 Å². The minimum atomic E-state index is -3.01. The molecule has 2 aliphatic rings. The number of unbranched alkanes of at least 4 members (excludes halogenated alkanes) is 1. The highest BCUT2D eigenvalue weighted by atomic mass is 32.2. The Bertz CT molecular complexity index is 370. The van der Waals surface area contributed by atoms with Gasteiger partial charge in [0.15, 0.2) is 0 Å². The van der Waals surface area contributed by atoms with Crippen molar-refractivity contribution < 1.29 is 8.42 Å². The van der Waals surface area contributed by atoms with E-state index < -0.39 is 10.0 Å². The molecule has 19 heavy (non-hydrogen) atoms. The van der Waals surface area contributed by atoms with Crippen LogP contribution in [0.5, 0.6) is 0 Å². The molecule has 0 amide bonds. The van der Waals surface area contributed by atoms with Crippen molar-refractivity contribution >= 4 is 10.0 Å². The van der Waals surface area contributed by atoms with Crippen LogP contribution in [-0.4, -0.2) is 44.2 Å². The summed E-state index contributed by atoms with van der Waals surface area (Å²) in [4.78, 5) is 0. The van der Waals surface area contributed by atoms with Gasteiger partial charge in [0, 0.05) is 12.6 Å². The van der Waals surface area contributed by atoms with E-state index in [0.717, 1.165) is 45.3 Å². The summed E-state index contributed by atoms with van der Waals surface area (Å²) in [6.07, 6.45) is 7.63. The lowest BCUT2D eigenvalue weighted by Gasteiger charge is -2.31. The summed E-state index contributed by atoms with van der Waals surface area (Å²) in [5.41, 5.74) is 0. The molecular weight excluding hydrogens is 260 g/mol. The van der Waals surface area contributed by atoms with E-state index >= 15 is 0 Å². The molecule has 0 spiro atoms. The first-order valence-electron chi connectivity index (χ1n) is 7.85. The predicted molar refractivity (Wildman–Crippen MR) is 78.6 cm³/mol. The van der Waals surface area contributed by atoms with Gasteiger partial charge in [0.05, 0.1) is 5.75 Å². The third-order valence-corrected chi connectivity index (χ3v) is 6.54. The van der Waals surface area contributed by atoms with E-state index in [1.807, 2.05) is 4.31 Å². The minimum Gasteiger partial charge on any atom is -0.317 e. The molecule has 1 aliphatic heterocycles. The molecule has 1 heterocycles. The normalized spacial score (nSPS) is 28.5. The molecular formula is C14H28N2O2S. The number of nitrogens with zero attached hydrogens (tertiary/aromatic N) is 1. The number of fused-ring (bicyclic) bond motifs is 1. The number of hydrogen-bond acceptors (Lipinski definition) is 3. The molecule has 1 saturated heterocycles. The summed E-state index contributed by atoms with van der Waals surface area (Å²) < 4.78 is 26.7. The summed E-state index contributed by atoms with van der Waals surface area (Å²) in [7, 11) is -3.01.